The summed E-state index contributed by atoms with van der Waals surface area (Å²) in [6, 6.07) is 3.24. The first-order valence-corrected chi connectivity index (χ1v) is 11.3. The van der Waals surface area contributed by atoms with E-state index in [1.165, 1.54) is 16.2 Å². The Morgan fingerprint density at radius 3 is 2.30 bits per heavy atom. The van der Waals surface area contributed by atoms with E-state index in [2.05, 4.69) is 10.3 Å². The number of fused-ring (bicyclic) bond motifs is 2. The fourth-order valence-corrected chi connectivity index (χ4v) is 5.43. The van der Waals surface area contributed by atoms with Crippen LogP contribution in [0.2, 0.25) is 0 Å². The summed E-state index contributed by atoms with van der Waals surface area (Å²) in [5.41, 5.74) is 3.03. The highest BCUT2D eigenvalue weighted by Crippen LogP contribution is 2.37. The second-order valence-electron chi connectivity index (χ2n) is 8.73. The predicted octanol–water partition coefficient (Wildman–Crippen LogP) is 4.22. The zero-order valence-corrected chi connectivity index (χ0v) is 18.6. The number of anilines is 1. The van der Waals surface area contributed by atoms with Crippen molar-refractivity contribution in [3.8, 4) is 0 Å². The molecule has 0 saturated carbocycles. The minimum absolute atomic E-state index is 0.155. The van der Waals surface area contributed by atoms with Crippen molar-refractivity contribution in [1.82, 2.24) is 9.88 Å². The minimum Gasteiger partial charge on any atom is -0.300 e. The van der Waals surface area contributed by atoms with Crippen LogP contribution in [0.3, 0.4) is 0 Å². The largest absolute Gasteiger partial charge is 0.300 e. The van der Waals surface area contributed by atoms with Crippen molar-refractivity contribution in [3.05, 3.63) is 35.4 Å². The molecule has 7 heteroatoms. The number of carbonyl (C=O) groups excluding carboxylic acids is 3. The first kappa shape index (κ1) is 20.7. The van der Waals surface area contributed by atoms with Crippen molar-refractivity contribution in [3.63, 3.8) is 0 Å². The zero-order valence-electron chi connectivity index (χ0n) is 17.8. The van der Waals surface area contributed by atoms with Gasteiger partial charge >= 0.3 is 0 Å². The molecule has 1 N–H and O–H groups in total. The molecule has 4 rings (SSSR count). The van der Waals surface area contributed by atoms with Gasteiger partial charge in [0.05, 0.1) is 22.1 Å². The van der Waals surface area contributed by atoms with E-state index in [1.54, 1.807) is 0 Å². The predicted molar refractivity (Wildman–Crippen MR) is 118 cm³/mol. The van der Waals surface area contributed by atoms with Gasteiger partial charge in [0.2, 0.25) is 17.7 Å². The summed E-state index contributed by atoms with van der Waals surface area (Å²) in [5.74, 6) is -1.29. The first-order chi connectivity index (χ1) is 14.3. The molecule has 1 aliphatic heterocycles. The molecule has 1 aliphatic carbocycles. The number of nitrogens with zero attached hydrogens (tertiary/aromatic N) is 2. The smallest absolute Gasteiger partial charge is 0.249 e. The third-order valence-corrected chi connectivity index (χ3v) is 7.13. The maximum atomic E-state index is 13.3. The van der Waals surface area contributed by atoms with Crippen LogP contribution in [-0.2, 0) is 14.4 Å². The highest BCUT2D eigenvalue weighted by Gasteiger charge is 2.51. The van der Waals surface area contributed by atoms with Crippen molar-refractivity contribution < 1.29 is 14.4 Å². The lowest BCUT2D eigenvalue weighted by Crippen LogP contribution is -2.48. The molecule has 1 aromatic heterocycles. The van der Waals surface area contributed by atoms with E-state index in [4.69, 9.17) is 0 Å². The summed E-state index contributed by atoms with van der Waals surface area (Å²) in [4.78, 5) is 45.2. The Balaban J connectivity index is 1.62. The van der Waals surface area contributed by atoms with E-state index in [0.717, 1.165) is 21.3 Å². The number of thiazole rings is 1. The van der Waals surface area contributed by atoms with Crippen LogP contribution in [-0.4, -0.2) is 33.6 Å². The Bertz CT molecular complexity index is 990. The number of aromatic nitrogens is 1. The lowest BCUT2D eigenvalue weighted by molar-refractivity contribution is -0.147. The second kappa shape index (κ2) is 7.95. The Kier molecular flexibility index (Phi) is 5.49. The van der Waals surface area contributed by atoms with Gasteiger partial charge in [-0.3, -0.25) is 19.3 Å². The molecular formula is C23H27N3O3S. The Hall–Kier alpha value is -2.54. The van der Waals surface area contributed by atoms with Gasteiger partial charge in [0.15, 0.2) is 5.13 Å². The molecule has 2 aliphatic rings. The van der Waals surface area contributed by atoms with Gasteiger partial charge in [-0.05, 0) is 50.2 Å². The summed E-state index contributed by atoms with van der Waals surface area (Å²) in [6.07, 6.45) is 5.48. The SMILES string of the molecule is Cc1ccc(C)c2sc(NC(=O)[C@H](CC(C)C)N3C(=O)[C@H]4CC=CC[C@H]4C3=O)nc12. The number of likely N-dealkylation sites (tertiary alicyclic amines) is 1. The molecule has 0 bridgehead atoms. The number of hydrogen-bond acceptors (Lipinski definition) is 5. The van der Waals surface area contributed by atoms with Crippen LogP contribution in [0.5, 0.6) is 0 Å². The molecule has 0 unspecified atom stereocenters. The summed E-state index contributed by atoms with van der Waals surface area (Å²) in [6.45, 7) is 7.99. The van der Waals surface area contributed by atoms with Crippen molar-refractivity contribution in [2.75, 3.05) is 5.32 Å². The van der Waals surface area contributed by atoms with Crippen molar-refractivity contribution >= 4 is 44.4 Å². The number of allylic oxidation sites excluding steroid dienone is 2. The molecule has 1 aromatic carbocycles. The third kappa shape index (κ3) is 3.55. The summed E-state index contributed by atoms with van der Waals surface area (Å²) in [5, 5.41) is 3.40. The van der Waals surface area contributed by atoms with Crippen LogP contribution in [0.25, 0.3) is 10.2 Å². The Labute approximate surface area is 180 Å². The summed E-state index contributed by atoms with van der Waals surface area (Å²) >= 11 is 1.43. The lowest BCUT2D eigenvalue weighted by Gasteiger charge is -2.26. The highest BCUT2D eigenvalue weighted by atomic mass is 32.1. The molecular weight excluding hydrogens is 398 g/mol. The number of carbonyl (C=O) groups is 3. The Morgan fingerprint density at radius 2 is 1.73 bits per heavy atom. The second-order valence-corrected chi connectivity index (χ2v) is 9.73. The number of aryl methyl sites for hydroxylation is 2. The van der Waals surface area contributed by atoms with Gasteiger partial charge in [0.25, 0.3) is 0 Å². The molecule has 158 valence electrons. The molecule has 30 heavy (non-hydrogen) atoms. The number of imide groups is 1. The van der Waals surface area contributed by atoms with Crippen molar-refractivity contribution in [1.29, 1.82) is 0 Å². The van der Waals surface area contributed by atoms with Gasteiger partial charge in [-0.2, -0.15) is 0 Å². The zero-order chi connectivity index (χ0) is 21.6. The van der Waals surface area contributed by atoms with E-state index in [0.29, 0.717) is 24.4 Å². The van der Waals surface area contributed by atoms with Crippen molar-refractivity contribution in [2.45, 2.75) is 53.0 Å². The number of amides is 3. The first-order valence-electron chi connectivity index (χ1n) is 10.5. The molecule has 3 atom stereocenters. The molecule has 0 spiro atoms. The molecule has 2 aromatic rings. The maximum absolute atomic E-state index is 13.3. The molecule has 0 radical (unpaired) electrons. The normalized spacial score (nSPS) is 22.1. The van der Waals surface area contributed by atoms with Gasteiger partial charge in [-0.15, -0.1) is 0 Å². The van der Waals surface area contributed by atoms with Gasteiger partial charge in [-0.1, -0.05) is 49.5 Å². The fraction of sp³-hybridized carbons (Fsp3) is 0.478. The maximum Gasteiger partial charge on any atom is 0.249 e. The number of rotatable bonds is 5. The summed E-state index contributed by atoms with van der Waals surface area (Å²) in [7, 11) is 0. The molecule has 2 heterocycles. The van der Waals surface area contributed by atoms with E-state index >= 15 is 0 Å². The van der Waals surface area contributed by atoms with Gasteiger partial charge in [-0.25, -0.2) is 4.98 Å². The van der Waals surface area contributed by atoms with Crippen LogP contribution >= 0.6 is 11.3 Å². The van der Waals surface area contributed by atoms with Crippen LogP contribution in [0.15, 0.2) is 24.3 Å². The highest BCUT2D eigenvalue weighted by molar-refractivity contribution is 7.22. The molecule has 3 amide bonds. The van der Waals surface area contributed by atoms with Crippen LogP contribution in [0, 0.1) is 31.6 Å². The Morgan fingerprint density at radius 1 is 1.13 bits per heavy atom. The molecule has 1 fully saturated rings. The topological polar surface area (TPSA) is 79.4 Å². The van der Waals surface area contributed by atoms with Crippen LogP contribution < -0.4 is 5.32 Å². The number of hydrogen-bond donors (Lipinski definition) is 1. The average molecular weight is 426 g/mol. The van der Waals surface area contributed by atoms with Crippen molar-refractivity contribution in [2.24, 2.45) is 17.8 Å². The monoisotopic (exact) mass is 425 g/mol. The minimum atomic E-state index is -0.815. The van der Waals surface area contributed by atoms with E-state index in [9.17, 15) is 14.4 Å². The third-order valence-electron chi connectivity index (χ3n) is 6.02. The molecule has 1 saturated heterocycles. The van der Waals surface area contributed by atoms with E-state index in [1.807, 2.05) is 52.0 Å². The summed E-state index contributed by atoms with van der Waals surface area (Å²) < 4.78 is 1.04. The van der Waals surface area contributed by atoms with E-state index in [-0.39, 0.29) is 35.5 Å². The fourth-order valence-electron chi connectivity index (χ4n) is 4.41. The van der Waals surface area contributed by atoms with Gasteiger partial charge in [0, 0.05) is 0 Å². The molecule has 6 nitrogen and oxygen atoms in total. The van der Waals surface area contributed by atoms with Gasteiger partial charge < -0.3 is 5.32 Å². The van der Waals surface area contributed by atoms with E-state index < -0.39 is 6.04 Å². The average Bonchev–Trinajstić information content (AvgIpc) is 3.24. The van der Waals surface area contributed by atoms with Gasteiger partial charge in [0.1, 0.15) is 6.04 Å². The standard InChI is InChI=1S/C23H27N3O3S/c1-12(2)11-17(26-21(28)15-7-5-6-8-16(15)22(26)29)20(27)25-23-24-18-13(3)9-10-14(4)19(18)30-23/h5-6,9-10,12,15-17H,7-8,11H2,1-4H3,(H,24,25,27)/t15-,16+,17-/m0/s1. The number of benzene rings is 1. The van der Waals surface area contributed by atoms with Crippen LogP contribution in [0.1, 0.15) is 44.2 Å². The number of nitrogens with one attached hydrogen (secondary N) is 1. The quantitative estimate of drug-likeness (QED) is 0.575. The van der Waals surface area contributed by atoms with Crippen LogP contribution in [0.4, 0.5) is 5.13 Å². The lowest BCUT2D eigenvalue weighted by atomic mass is 9.85.